The number of Topliss-reactive ketones (excluding diaryl/α,β-unsaturated/α-hetero) is 1. The molecule has 0 fully saturated rings. The molecule has 0 radical (unpaired) electrons. The molecule has 3 nitrogen and oxygen atoms in total. The fourth-order valence-corrected chi connectivity index (χ4v) is 0.808. The molecule has 0 amide bonds. The highest BCUT2D eigenvalue weighted by Gasteiger charge is 2.06. The van der Waals surface area contributed by atoms with E-state index in [0.717, 1.165) is 5.59 Å². The van der Waals surface area contributed by atoms with Gasteiger partial charge in [0.25, 0.3) is 0 Å². The van der Waals surface area contributed by atoms with E-state index >= 15 is 0 Å². The largest absolute Gasteiger partial charge is 0.506 e. The first-order chi connectivity index (χ1) is 5.11. The molecule has 1 aromatic heterocycles. The van der Waals surface area contributed by atoms with Crippen LogP contribution in [0.2, 0.25) is 0 Å². The number of ketones is 1. The maximum absolute atomic E-state index is 10.8. The summed E-state index contributed by atoms with van der Waals surface area (Å²) in [5.74, 6) is -0.269. The van der Waals surface area contributed by atoms with Gasteiger partial charge in [0.2, 0.25) is 0 Å². The lowest BCUT2D eigenvalue weighted by molar-refractivity contribution is 0.101. The Kier molecular flexibility index (Phi) is 1.94. The fraction of sp³-hybridized carbons (Fsp3) is 0.143. The van der Waals surface area contributed by atoms with Crippen molar-refractivity contribution in [1.82, 2.24) is 4.98 Å². The number of pyridine rings is 1. The first kappa shape index (κ1) is 7.79. The third kappa shape index (κ3) is 1.58. The monoisotopic (exact) mass is 149 g/mol. The molecule has 1 rings (SSSR count). The minimum absolute atomic E-state index is 0.0527. The summed E-state index contributed by atoms with van der Waals surface area (Å²) in [7, 11) is 1.77. The van der Waals surface area contributed by atoms with E-state index in [4.69, 9.17) is 5.11 Å². The zero-order valence-corrected chi connectivity index (χ0v) is 6.46. The first-order valence-corrected chi connectivity index (χ1v) is 3.29. The third-order valence-corrected chi connectivity index (χ3v) is 1.35. The fourth-order valence-electron chi connectivity index (χ4n) is 0.808. The van der Waals surface area contributed by atoms with Crippen LogP contribution in [0.15, 0.2) is 12.1 Å². The Hall–Kier alpha value is -1.32. The van der Waals surface area contributed by atoms with Crippen LogP contribution in [0.5, 0.6) is 5.75 Å². The van der Waals surface area contributed by atoms with E-state index in [1.165, 1.54) is 13.0 Å². The van der Waals surface area contributed by atoms with E-state index in [2.05, 4.69) is 4.98 Å². The molecule has 0 bridgehead atoms. The molecule has 0 unspecified atom stereocenters. The number of hydrogen-bond acceptors (Lipinski definition) is 3. The third-order valence-electron chi connectivity index (χ3n) is 1.35. The van der Waals surface area contributed by atoms with Crippen LogP contribution >= 0.6 is 0 Å². The second-order valence-electron chi connectivity index (χ2n) is 2.38. The molecule has 11 heavy (non-hydrogen) atoms. The predicted octanol–water partition coefficient (Wildman–Crippen LogP) is -0.752. The maximum atomic E-state index is 10.8. The molecule has 4 heteroatoms. The van der Waals surface area contributed by atoms with E-state index in [9.17, 15) is 4.79 Å². The maximum Gasteiger partial charge on any atom is 0.181 e. The number of carbonyl (C=O) groups excluding carboxylic acids is 1. The molecule has 0 spiro atoms. The Balaban J connectivity index is 3.23. The second kappa shape index (κ2) is 2.74. The molecule has 0 aliphatic carbocycles. The molecule has 1 heterocycles. The van der Waals surface area contributed by atoms with Crippen LogP contribution < -0.4 is 5.59 Å². The van der Waals surface area contributed by atoms with Crippen molar-refractivity contribution in [2.45, 2.75) is 6.92 Å². The lowest BCUT2D eigenvalue weighted by Gasteiger charge is -1.99. The van der Waals surface area contributed by atoms with Gasteiger partial charge in [0.05, 0.1) is 0 Å². The Bertz CT molecular complexity index is 298. The summed E-state index contributed by atoms with van der Waals surface area (Å²) >= 11 is 0. The van der Waals surface area contributed by atoms with Crippen LogP contribution in [0.4, 0.5) is 0 Å². The van der Waals surface area contributed by atoms with Crippen LogP contribution in [-0.4, -0.2) is 23.7 Å². The van der Waals surface area contributed by atoms with Gasteiger partial charge in [-0.2, -0.15) is 0 Å². The molecular formula is C7H8BNO2. The van der Waals surface area contributed by atoms with Gasteiger partial charge in [-0.05, 0) is 17.7 Å². The average Bonchev–Trinajstić information content (AvgIpc) is 1.94. The average molecular weight is 149 g/mol. The number of hydrogen-bond donors (Lipinski definition) is 1. The van der Waals surface area contributed by atoms with Gasteiger partial charge in [0.1, 0.15) is 11.4 Å². The predicted molar refractivity (Wildman–Crippen MR) is 44.1 cm³/mol. The van der Waals surface area contributed by atoms with Gasteiger partial charge >= 0.3 is 0 Å². The number of rotatable bonds is 1. The van der Waals surface area contributed by atoms with Crippen molar-refractivity contribution < 1.29 is 9.90 Å². The van der Waals surface area contributed by atoms with Crippen LogP contribution in [0, 0.1) is 0 Å². The van der Waals surface area contributed by atoms with Crippen molar-refractivity contribution in [1.29, 1.82) is 0 Å². The Labute approximate surface area is 65.5 Å². The quantitative estimate of drug-likeness (QED) is 0.422. The van der Waals surface area contributed by atoms with Crippen molar-refractivity contribution in [3.63, 3.8) is 0 Å². The van der Waals surface area contributed by atoms with E-state index in [0.29, 0.717) is 0 Å². The van der Waals surface area contributed by atoms with E-state index in [1.807, 2.05) is 0 Å². The zero-order chi connectivity index (χ0) is 8.43. The Morgan fingerprint density at radius 1 is 1.64 bits per heavy atom. The number of aromatic nitrogens is 1. The second-order valence-corrected chi connectivity index (χ2v) is 2.38. The number of aromatic hydroxyl groups is 1. The smallest absolute Gasteiger partial charge is 0.181 e. The molecular weight excluding hydrogens is 141 g/mol. The number of nitrogens with zero attached hydrogens (tertiary/aromatic N) is 1. The molecule has 1 aromatic rings. The summed E-state index contributed by atoms with van der Waals surface area (Å²) in [6.45, 7) is 1.38. The summed E-state index contributed by atoms with van der Waals surface area (Å²) in [5, 5.41) is 9.12. The van der Waals surface area contributed by atoms with Gasteiger partial charge in [0.15, 0.2) is 13.6 Å². The first-order valence-electron chi connectivity index (χ1n) is 3.29. The highest BCUT2D eigenvalue weighted by molar-refractivity contribution is 6.30. The van der Waals surface area contributed by atoms with Crippen LogP contribution in [0.3, 0.4) is 0 Å². The lowest BCUT2D eigenvalue weighted by atomic mass is 10.0. The molecule has 0 aliphatic heterocycles. The highest BCUT2D eigenvalue weighted by atomic mass is 16.3. The molecule has 0 saturated carbocycles. The summed E-state index contributed by atoms with van der Waals surface area (Å²) in [5.41, 5.74) is 0.873. The number of carbonyl (C=O) groups is 1. The van der Waals surface area contributed by atoms with E-state index in [-0.39, 0.29) is 17.2 Å². The molecule has 1 N–H and O–H groups in total. The summed E-state index contributed by atoms with van der Waals surface area (Å²) in [4.78, 5) is 14.7. The Morgan fingerprint density at radius 3 is 2.73 bits per heavy atom. The van der Waals surface area contributed by atoms with Gasteiger partial charge in [-0.3, -0.25) is 9.78 Å². The van der Waals surface area contributed by atoms with Crippen molar-refractivity contribution in [2.75, 3.05) is 0 Å². The molecule has 56 valence electrons. The van der Waals surface area contributed by atoms with Crippen molar-refractivity contribution >= 4 is 19.2 Å². The van der Waals surface area contributed by atoms with Crippen LogP contribution in [-0.2, 0) is 0 Å². The lowest BCUT2D eigenvalue weighted by Crippen LogP contribution is -2.12. The summed E-state index contributed by atoms with van der Waals surface area (Å²) < 4.78 is 0. The topological polar surface area (TPSA) is 50.2 Å². The summed E-state index contributed by atoms with van der Waals surface area (Å²) in [6.07, 6.45) is 0. The van der Waals surface area contributed by atoms with Crippen molar-refractivity contribution in [3.8, 4) is 5.75 Å². The minimum Gasteiger partial charge on any atom is -0.506 e. The standard InChI is InChI=1S/C7H8BNO2/c1-4(10)7-5(11)2-3-6(8)9-7/h2-3,11H,8H2,1H3. The van der Waals surface area contributed by atoms with Crippen LogP contribution in [0.1, 0.15) is 17.4 Å². The van der Waals surface area contributed by atoms with Gasteiger partial charge < -0.3 is 5.11 Å². The molecule has 0 aromatic carbocycles. The molecule has 0 atom stereocenters. The highest BCUT2D eigenvalue weighted by Crippen LogP contribution is 2.11. The minimum atomic E-state index is -0.216. The van der Waals surface area contributed by atoms with Crippen LogP contribution in [0.25, 0.3) is 0 Å². The molecule has 0 saturated heterocycles. The van der Waals surface area contributed by atoms with Gasteiger partial charge in [-0.1, -0.05) is 0 Å². The Morgan fingerprint density at radius 2 is 2.27 bits per heavy atom. The van der Waals surface area contributed by atoms with E-state index in [1.54, 1.807) is 13.9 Å². The zero-order valence-electron chi connectivity index (χ0n) is 6.46. The summed E-state index contributed by atoms with van der Waals surface area (Å²) in [6, 6.07) is 3.13. The SMILES string of the molecule is Bc1ccc(O)c(C(C)=O)n1. The van der Waals surface area contributed by atoms with E-state index < -0.39 is 0 Å². The molecule has 0 aliphatic rings. The van der Waals surface area contributed by atoms with Gasteiger partial charge in [-0.25, -0.2) is 0 Å². The van der Waals surface area contributed by atoms with Crippen molar-refractivity contribution in [2.24, 2.45) is 0 Å². The van der Waals surface area contributed by atoms with Gasteiger partial charge in [0, 0.05) is 6.92 Å². The van der Waals surface area contributed by atoms with Crippen molar-refractivity contribution in [3.05, 3.63) is 17.8 Å². The van der Waals surface area contributed by atoms with Gasteiger partial charge in [-0.15, -0.1) is 0 Å². The normalized spacial score (nSPS) is 9.55.